The fourth-order valence-electron chi connectivity index (χ4n) is 3.94. The quantitative estimate of drug-likeness (QED) is 0.698. The first-order valence-electron chi connectivity index (χ1n) is 10.1. The number of ether oxygens (including phenoxy) is 3. The molecule has 0 saturated heterocycles. The second kappa shape index (κ2) is 9.69. The number of methoxy groups -OCH3 is 3. The first-order chi connectivity index (χ1) is 14.5. The van der Waals surface area contributed by atoms with Gasteiger partial charge in [-0.3, -0.25) is 4.79 Å². The van der Waals surface area contributed by atoms with Crippen molar-refractivity contribution in [2.75, 3.05) is 38.6 Å². The highest BCUT2D eigenvalue weighted by atomic mass is 19.1. The van der Waals surface area contributed by atoms with Crippen LogP contribution < -0.4 is 24.4 Å². The van der Waals surface area contributed by atoms with Crippen LogP contribution in [0.1, 0.15) is 42.5 Å². The van der Waals surface area contributed by atoms with Crippen LogP contribution in [0.25, 0.3) is 0 Å². The van der Waals surface area contributed by atoms with Crippen LogP contribution >= 0.6 is 0 Å². The van der Waals surface area contributed by atoms with E-state index in [0.717, 1.165) is 12.8 Å². The molecule has 0 aliphatic heterocycles. The summed E-state index contributed by atoms with van der Waals surface area (Å²) in [5, 5.41) is 2.73. The number of carbonyl (C=O) groups is 1. The molecule has 0 heterocycles. The van der Waals surface area contributed by atoms with E-state index in [0.29, 0.717) is 34.7 Å². The molecule has 1 aliphatic carbocycles. The zero-order valence-corrected chi connectivity index (χ0v) is 18.0. The Bertz CT molecular complexity index is 897. The third-order valence-electron chi connectivity index (χ3n) is 5.66. The molecular weight excluding hydrogens is 387 g/mol. The zero-order valence-electron chi connectivity index (χ0n) is 18.0. The summed E-state index contributed by atoms with van der Waals surface area (Å²) >= 11 is 0. The predicted octanol–water partition coefficient (Wildman–Crippen LogP) is 4.87. The number of benzene rings is 2. The minimum Gasteiger partial charge on any atom is -0.496 e. The Hall–Kier alpha value is -2.96. The fourth-order valence-corrected chi connectivity index (χ4v) is 3.94. The Labute approximate surface area is 176 Å². The summed E-state index contributed by atoms with van der Waals surface area (Å²) in [6.45, 7) is 0. The number of nitrogens with one attached hydrogen (secondary N) is 1. The Kier molecular flexibility index (Phi) is 7.03. The van der Waals surface area contributed by atoms with Crippen molar-refractivity contribution >= 4 is 17.3 Å². The van der Waals surface area contributed by atoms with E-state index in [4.69, 9.17) is 14.2 Å². The third-order valence-corrected chi connectivity index (χ3v) is 5.66. The number of anilines is 2. The van der Waals surface area contributed by atoms with Gasteiger partial charge in [0, 0.05) is 30.9 Å². The van der Waals surface area contributed by atoms with Crippen molar-refractivity contribution in [2.45, 2.75) is 38.1 Å². The highest BCUT2D eigenvalue weighted by molar-refractivity contribution is 6.06. The monoisotopic (exact) mass is 416 g/mol. The van der Waals surface area contributed by atoms with E-state index in [1.807, 2.05) is 11.9 Å². The van der Waals surface area contributed by atoms with Gasteiger partial charge < -0.3 is 24.4 Å². The number of carbonyl (C=O) groups excluding carboxylic acids is 1. The smallest absolute Gasteiger partial charge is 0.259 e. The minimum atomic E-state index is -0.430. The maximum atomic E-state index is 14.8. The molecule has 0 radical (unpaired) electrons. The van der Waals surface area contributed by atoms with Gasteiger partial charge in [-0.25, -0.2) is 4.39 Å². The molecule has 0 bridgehead atoms. The Morgan fingerprint density at radius 1 is 0.967 bits per heavy atom. The molecule has 6 nitrogen and oxygen atoms in total. The molecule has 1 aliphatic rings. The van der Waals surface area contributed by atoms with Crippen molar-refractivity contribution in [2.24, 2.45) is 0 Å². The number of amides is 1. The van der Waals surface area contributed by atoms with Gasteiger partial charge in [-0.05, 0) is 31.0 Å². The van der Waals surface area contributed by atoms with Crippen LogP contribution in [-0.2, 0) is 0 Å². The molecule has 162 valence electrons. The maximum absolute atomic E-state index is 14.8. The van der Waals surface area contributed by atoms with Gasteiger partial charge in [0.15, 0.2) is 11.5 Å². The Balaban J connectivity index is 1.79. The lowest BCUT2D eigenvalue weighted by Gasteiger charge is -2.33. The molecule has 0 spiro atoms. The standard InChI is InChI=1S/C23H29FN2O4/c1-26(16-8-6-5-7-9-16)19-11-10-15(12-18(19)24)25-23(27)17-13-21(29-3)22(30-4)14-20(17)28-2/h10-14,16H,5-9H2,1-4H3,(H,25,27). The van der Waals surface area contributed by atoms with Gasteiger partial charge in [0.05, 0.1) is 32.6 Å². The van der Waals surface area contributed by atoms with Crippen LogP contribution in [0.2, 0.25) is 0 Å². The lowest BCUT2D eigenvalue weighted by Crippen LogP contribution is -2.33. The molecule has 3 rings (SSSR count). The van der Waals surface area contributed by atoms with Crippen LogP contribution in [0, 0.1) is 5.82 Å². The number of hydrogen-bond donors (Lipinski definition) is 1. The SMILES string of the molecule is COc1cc(OC)c(C(=O)Nc2ccc(N(C)C3CCCCC3)c(F)c2)cc1OC. The number of nitrogens with zero attached hydrogens (tertiary/aromatic N) is 1. The van der Waals surface area contributed by atoms with Crippen molar-refractivity contribution in [1.82, 2.24) is 0 Å². The van der Waals surface area contributed by atoms with Crippen LogP contribution in [0.5, 0.6) is 17.2 Å². The average Bonchev–Trinajstić information content (AvgIpc) is 2.78. The van der Waals surface area contributed by atoms with Crippen molar-refractivity contribution in [1.29, 1.82) is 0 Å². The molecular formula is C23H29FN2O4. The molecule has 1 fully saturated rings. The van der Waals surface area contributed by atoms with Crippen LogP contribution in [0.15, 0.2) is 30.3 Å². The lowest BCUT2D eigenvalue weighted by molar-refractivity contribution is 0.102. The second-order valence-electron chi connectivity index (χ2n) is 7.43. The van der Waals surface area contributed by atoms with Crippen LogP contribution in [0.3, 0.4) is 0 Å². The van der Waals surface area contributed by atoms with E-state index < -0.39 is 5.91 Å². The van der Waals surface area contributed by atoms with E-state index in [1.54, 1.807) is 18.2 Å². The summed E-state index contributed by atoms with van der Waals surface area (Å²) < 4.78 is 30.6. The Morgan fingerprint density at radius 2 is 1.60 bits per heavy atom. The summed E-state index contributed by atoms with van der Waals surface area (Å²) in [7, 11) is 6.39. The minimum absolute atomic E-state index is 0.263. The topological polar surface area (TPSA) is 60.0 Å². The van der Waals surface area contributed by atoms with Crippen LogP contribution in [-0.4, -0.2) is 40.3 Å². The van der Waals surface area contributed by atoms with Gasteiger partial charge in [0.25, 0.3) is 5.91 Å². The lowest BCUT2D eigenvalue weighted by atomic mass is 9.94. The van der Waals surface area contributed by atoms with Gasteiger partial charge >= 0.3 is 0 Å². The van der Waals surface area contributed by atoms with E-state index in [9.17, 15) is 9.18 Å². The van der Waals surface area contributed by atoms with Gasteiger partial charge in [0.2, 0.25) is 0 Å². The largest absolute Gasteiger partial charge is 0.496 e. The van der Waals surface area contributed by atoms with E-state index in [2.05, 4.69) is 5.32 Å². The van der Waals surface area contributed by atoms with Crippen molar-refractivity contribution in [3.8, 4) is 17.2 Å². The van der Waals surface area contributed by atoms with Crippen LogP contribution in [0.4, 0.5) is 15.8 Å². The number of halogens is 1. The van der Waals surface area contributed by atoms with Gasteiger partial charge in [0.1, 0.15) is 11.6 Å². The molecule has 1 amide bonds. The normalized spacial score (nSPS) is 14.2. The third kappa shape index (κ3) is 4.61. The first-order valence-corrected chi connectivity index (χ1v) is 10.1. The second-order valence-corrected chi connectivity index (χ2v) is 7.43. The predicted molar refractivity (Wildman–Crippen MR) is 116 cm³/mol. The summed E-state index contributed by atoms with van der Waals surface area (Å²) in [5.41, 5.74) is 1.18. The number of rotatable bonds is 7. The fraction of sp³-hybridized carbons (Fsp3) is 0.435. The van der Waals surface area contributed by atoms with Crippen molar-refractivity contribution in [3.05, 3.63) is 41.7 Å². The zero-order chi connectivity index (χ0) is 21.7. The van der Waals surface area contributed by atoms with E-state index in [-0.39, 0.29) is 11.4 Å². The number of hydrogen-bond acceptors (Lipinski definition) is 5. The molecule has 1 saturated carbocycles. The summed E-state index contributed by atoms with van der Waals surface area (Å²) in [6.07, 6.45) is 5.76. The molecule has 30 heavy (non-hydrogen) atoms. The summed E-state index contributed by atoms with van der Waals surface area (Å²) in [5.74, 6) is 0.395. The summed E-state index contributed by atoms with van der Waals surface area (Å²) in [6, 6.07) is 8.24. The van der Waals surface area contributed by atoms with E-state index >= 15 is 0 Å². The van der Waals surface area contributed by atoms with Gasteiger partial charge in [-0.1, -0.05) is 19.3 Å². The van der Waals surface area contributed by atoms with Crippen molar-refractivity contribution < 1.29 is 23.4 Å². The van der Waals surface area contributed by atoms with Crippen molar-refractivity contribution in [3.63, 3.8) is 0 Å². The first kappa shape index (κ1) is 21.7. The molecule has 7 heteroatoms. The molecule has 0 unspecified atom stereocenters. The highest BCUT2D eigenvalue weighted by Crippen LogP contribution is 2.35. The van der Waals surface area contributed by atoms with E-state index in [1.165, 1.54) is 52.7 Å². The summed E-state index contributed by atoms with van der Waals surface area (Å²) in [4.78, 5) is 14.8. The molecule has 2 aromatic rings. The Morgan fingerprint density at radius 3 is 2.20 bits per heavy atom. The maximum Gasteiger partial charge on any atom is 0.259 e. The van der Waals surface area contributed by atoms with Gasteiger partial charge in [-0.2, -0.15) is 0 Å². The molecule has 1 N–H and O–H groups in total. The average molecular weight is 416 g/mol. The highest BCUT2D eigenvalue weighted by Gasteiger charge is 2.22. The molecule has 0 aromatic heterocycles. The molecule has 0 atom stereocenters. The molecule has 2 aromatic carbocycles. The van der Waals surface area contributed by atoms with Gasteiger partial charge in [-0.15, -0.1) is 0 Å².